The lowest BCUT2D eigenvalue weighted by atomic mass is 10.2. The van der Waals surface area contributed by atoms with Gasteiger partial charge in [0, 0.05) is 0 Å². The Hall–Kier alpha value is 0.210. The number of allylic oxidation sites excluding steroid dienone is 4. The van der Waals surface area contributed by atoms with Crippen LogP contribution in [0.4, 0.5) is 0 Å². The molecule has 37 valence electrons. The Bertz CT molecular complexity index is 103. The summed E-state index contributed by atoms with van der Waals surface area (Å²) in [5.41, 5.74) is 0. The van der Waals surface area contributed by atoms with E-state index in [4.69, 9.17) is 0 Å². The van der Waals surface area contributed by atoms with Crippen LogP contribution in [-0.2, 0) is 0 Å². The third-order valence-electron chi connectivity index (χ3n) is 0.837. The molecule has 0 N–H and O–H groups in total. The lowest BCUT2D eigenvalue weighted by Crippen LogP contribution is -1.80. The Morgan fingerprint density at radius 1 is 1.43 bits per heavy atom. The van der Waals surface area contributed by atoms with Gasteiger partial charge in [-0.1, -0.05) is 46.9 Å². The first-order valence-electron chi connectivity index (χ1n) is 2.24. The Balaban J connectivity index is 2.49. The minimum atomic E-state index is 1.12. The molecule has 0 aromatic rings. The van der Waals surface area contributed by atoms with E-state index in [1.165, 1.54) is 3.92 Å². The molecular formula is C6H6I. The maximum atomic E-state index is 2.34. The first kappa shape index (κ1) is 5.35. The molecule has 0 fully saturated rings. The van der Waals surface area contributed by atoms with Crippen molar-refractivity contribution in [1.82, 2.24) is 0 Å². The fourth-order valence-electron chi connectivity index (χ4n) is 0.487. The summed E-state index contributed by atoms with van der Waals surface area (Å²) in [5.74, 6) is 0. The van der Waals surface area contributed by atoms with Crippen LogP contribution in [-0.4, -0.2) is 0 Å². The molecule has 0 amide bonds. The Morgan fingerprint density at radius 2 is 2.29 bits per heavy atom. The number of rotatable bonds is 0. The van der Waals surface area contributed by atoms with Gasteiger partial charge in [-0.25, -0.2) is 0 Å². The molecule has 0 nitrogen and oxygen atoms in total. The van der Waals surface area contributed by atoms with E-state index < -0.39 is 0 Å². The van der Waals surface area contributed by atoms with Crippen molar-refractivity contribution in [3.63, 3.8) is 0 Å². The van der Waals surface area contributed by atoms with Gasteiger partial charge in [0.25, 0.3) is 0 Å². The van der Waals surface area contributed by atoms with Crippen molar-refractivity contribution in [1.29, 1.82) is 0 Å². The van der Waals surface area contributed by atoms with Gasteiger partial charge < -0.3 is 0 Å². The van der Waals surface area contributed by atoms with Crippen LogP contribution in [0.15, 0.2) is 24.3 Å². The van der Waals surface area contributed by atoms with Gasteiger partial charge in [0.2, 0.25) is 0 Å². The highest BCUT2D eigenvalue weighted by Gasteiger charge is 1.96. The zero-order valence-corrected chi connectivity index (χ0v) is 6.05. The van der Waals surface area contributed by atoms with Gasteiger partial charge in [-0.3, -0.25) is 0 Å². The molecule has 0 atom stereocenters. The quantitative estimate of drug-likeness (QED) is 0.533. The summed E-state index contributed by atoms with van der Waals surface area (Å²) in [6.45, 7) is 0. The molecule has 1 radical (unpaired) electrons. The van der Waals surface area contributed by atoms with E-state index >= 15 is 0 Å². The second kappa shape index (κ2) is 2.50. The normalized spacial score (nSPS) is 20.7. The van der Waals surface area contributed by atoms with Crippen LogP contribution in [0.1, 0.15) is 6.42 Å². The third kappa shape index (κ3) is 1.63. The highest BCUT2D eigenvalue weighted by molar-refractivity contribution is 14.1. The number of hydrogen-bond donors (Lipinski definition) is 0. The SMILES string of the molecule is I[C]1C=CC=CC1. The van der Waals surface area contributed by atoms with Crippen LogP contribution in [0, 0.1) is 3.92 Å². The molecule has 1 rings (SSSR count). The first-order chi connectivity index (χ1) is 3.39. The average molecular weight is 205 g/mol. The molecule has 1 aliphatic carbocycles. The van der Waals surface area contributed by atoms with E-state index in [-0.39, 0.29) is 0 Å². The van der Waals surface area contributed by atoms with Crippen LogP contribution in [0.25, 0.3) is 0 Å². The fraction of sp³-hybridized carbons (Fsp3) is 0.167. The topological polar surface area (TPSA) is 0 Å². The van der Waals surface area contributed by atoms with Gasteiger partial charge in [-0.05, 0) is 6.42 Å². The van der Waals surface area contributed by atoms with Crippen LogP contribution >= 0.6 is 22.6 Å². The van der Waals surface area contributed by atoms with Gasteiger partial charge >= 0.3 is 0 Å². The van der Waals surface area contributed by atoms with Crippen molar-refractivity contribution >= 4 is 22.6 Å². The maximum Gasteiger partial charge on any atom is 0.0622 e. The molecule has 7 heavy (non-hydrogen) atoms. The van der Waals surface area contributed by atoms with Crippen LogP contribution in [0.3, 0.4) is 0 Å². The van der Waals surface area contributed by atoms with E-state index in [9.17, 15) is 0 Å². The van der Waals surface area contributed by atoms with E-state index in [0.717, 1.165) is 6.42 Å². The molecule has 0 spiro atoms. The lowest BCUT2D eigenvalue weighted by molar-refractivity contribution is 1.25. The smallest absolute Gasteiger partial charge is 0.0622 e. The molecule has 0 aromatic carbocycles. The van der Waals surface area contributed by atoms with Gasteiger partial charge in [0.1, 0.15) is 0 Å². The lowest BCUT2D eigenvalue weighted by Gasteiger charge is -1.99. The molecule has 0 saturated heterocycles. The molecule has 0 aliphatic heterocycles. The zero-order chi connectivity index (χ0) is 5.11. The average Bonchev–Trinajstić information content (AvgIpc) is 1.69. The minimum Gasteiger partial charge on any atom is -0.0828 e. The van der Waals surface area contributed by atoms with E-state index in [2.05, 4.69) is 46.9 Å². The van der Waals surface area contributed by atoms with Gasteiger partial charge in [0.05, 0.1) is 3.92 Å². The molecule has 0 saturated carbocycles. The van der Waals surface area contributed by atoms with Gasteiger partial charge in [-0.2, -0.15) is 0 Å². The molecular weight excluding hydrogens is 199 g/mol. The predicted molar refractivity (Wildman–Crippen MR) is 40.2 cm³/mol. The minimum absolute atomic E-state index is 1.12. The second-order valence-corrected chi connectivity index (χ2v) is 2.82. The highest BCUT2D eigenvalue weighted by atomic mass is 127. The third-order valence-corrected chi connectivity index (χ3v) is 1.64. The molecule has 1 heteroatoms. The summed E-state index contributed by atoms with van der Waals surface area (Å²) in [6, 6.07) is 0. The molecule has 0 aromatic heterocycles. The highest BCUT2D eigenvalue weighted by Crippen LogP contribution is 2.20. The van der Waals surface area contributed by atoms with Crippen molar-refractivity contribution in [3.05, 3.63) is 28.2 Å². The number of halogens is 1. The van der Waals surface area contributed by atoms with Crippen molar-refractivity contribution in [3.8, 4) is 0 Å². The standard InChI is InChI=1S/C6H6I/c7-6-4-2-1-3-5-6/h1-4H,5H2. The fourth-order valence-corrected chi connectivity index (χ4v) is 0.949. The maximum absolute atomic E-state index is 2.34. The zero-order valence-electron chi connectivity index (χ0n) is 3.89. The summed E-state index contributed by atoms with van der Waals surface area (Å²) >= 11 is 2.34. The Kier molecular flexibility index (Phi) is 1.91. The van der Waals surface area contributed by atoms with Crippen molar-refractivity contribution < 1.29 is 0 Å². The predicted octanol–water partition coefficient (Wildman–Crippen LogP) is 2.47. The van der Waals surface area contributed by atoms with Crippen molar-refractivity contribution in [2.75, 3.05) is 0 Å². The molecule has 0 unspecified atom stereocenters. The summed E-state index contributed by atoms with van der Waals surface area (Å²) in [5, 5.41) is 0. The second-order valence-electron chi connectivity index (χ2n) is 1.44. The largest absolute Gasteiger partial charge is 0.0828 e. The van der Waals surface area contributed by atoms with Crippen LogP contribution in [0.2, 0.25) is 0 Å². The van der Waals surface area contributed by atoms with Crippen LogP contribution < -0.4 is 0 Å². The monoisotopic (exact) mass is 205 g/mol. The summed E-state index contributed by atoms with van der Waals surface area (Å²) in [7, 11) is 0. The van der Waals surface area contributed by atoms with Gasteiger partial charge in [-0.15, -0.1) is 0 Å². The summed E-state index contributed by atoms with van der Waals surface area (Å²) in [4.78, 5) is 0. The molecule has 0 bridgehead atoms. The van der Waals surface area contributed by atoms with Crippen LogP contribution in [0.5, 0.6) is 0 Å². The molecule has 1 aliphatic rings. The summed E-state index contributed by atoms with van der Waals surface area (Å²) < 4.78 is 1.42. The molecule has 0 heterocycles. The van der Waals surface area contributed by atoms with Crippen molar-refractivity contribution in [2.45, 2.75) is 6.42 Å². The van der Waals surface area contributed by atoms with E-state index in [1.807, 2.05) is 0 Å². The Labute approximate surface area is 57.4 Å². The van der Waals surface area contributed by atoms with E-state index in [1.54, 1.807) is 0 Å². The van der Waals surface area contributed by atoms with Gasteiger partial charge in [0.15, 0.2) is 0 Å². The van der Waals surface area contributed by atoms with Crippen molar-refractivity contribution in [2.24, 2.45) is 0 Å². The van der Waals surface area contributed by atoms with E-state index in [0.29, 0.717) is 0 Å². The number of hydrogen-bond acceptors (Lipinski definition) is 0. The Morgan fingerprint density at radius 3 is 2.57 bits per heavy atom. The summed E-state index contributed by atoms with van der Waals surface area (Å²) in [6.07, 6.45) is 9.53. The first-order valence-corrected chi connectivity index (χ1v) is 3.32.